The first-order valence-corrected chi connectivity index (χ1v) is 9.93. The number of ether oxygens (including phenoxy) is 1. The number of amides is 2. The van der Waals surface area contributed by atoms with Crippen LogP contribution in [-0.2, 0) is 4.79 Å². The number of aryl methyl sites for hydroxylation is 1. The van der Waals surface area contributed by atoms with Gasteiger partial charge < -0.3 is 15.4 Å². The van der Waals surface area contributed by atoms with Gasteiger partial charge >= 0.3 is 0 Å². The summed E-state index contributed by atoms with van der Waals surface area (Å²) in [6.07, 6.45) is 5.67. The van der Waals surface area contributed by atoms with E-state index in [1.54, 1.807) is 0 Å². The third-order valence-corrected chi connectivity index (χ3v) is 5.84. The lowest BCUT2D eigenvalue weighted by atomic mass is 9.96. The van der Waals surface area contributed by atoms with Crippen molar-refractivity contribution in [2.75, 3.05) is 13.2 Å². The maximum atomic E-state index is 13.2. The summed E-state index contributed by atoms with van der Waals surface area (Å²) in [7, 11) is 0. The first-order chi connectivity index (χ1) is 13.5. The molecule has 1 saturated carbocycles. The predicted octanol–water partition coefficient (Wildman–Crippen LogP) is 3.68. The van der Waals surface area contributed by atoms with Gasteiger partial charge in [-0.3, -0.25) is 9.59 Å². The van der Waals surface area contributed by atoms with Gasteiger partial charge in [0, 0.05) is 23.2 Å². The van der Waals surface area contributed by atoms with Crippen molar-refractivity contribution < 1.29 is 14.3 Å². The summed E-state index contributed by atoms with van der Waals surface area (Å²) < 4.78 is 5.60. The van der Waals surface area contributed by atoms with E-state index in [1.165, 1.54) is 6.42 Å². The molecule has 28 heavy (non-hydrogen) atoms. The second-order valence-electron chi connectivity index (χ2n) is 7.97. The third kappa shape index (κ3) is 3.61. The zero-order valence-electron chi connectivity index (χ0n) is 16.2. The van der Waals surface area contributed by atoms with Crippen molar-refractivity contribution in [3.05, 3.63) is 53.6 Å². The molecular formula is C23H26N2O3. The summed E-state index contributed by atoms with van der Waals surface area (Å²) in [6, 6.07) is 13.5. The predicted molar refractivity (Wildman–Crippen MR) is 108 cm³/mol. The Bertz CT molecular complexity index is 918. The van der Waals surface area contributed by atoms with Crippen molar-refractivity contribution in [3.63, 3.8) is 0 Å². The standard InChI is InChI=1S/C23H26N2O3/c1-16-7-8-20(28-15-21(24)26)19(13-16)17-5-4-6-18(14-17)22(27)25-12-3-2-9-23(25)10-11-23/h4-8,13-14H,2-3,9-12,15H2,1H3,(H2,24,26). The van der Waals surface area contributed by atoms with Crippen molar-refractivity contribution in [2.45, 2.75) is 44.6 Å². The highest BCUT2D eigenvalue weighted by molar-refractivity contribution is 5.96. The number of hydrogen-bond donors (Lipinski definition) is 1. The molecule has 146 valence electrons. The van der Waals surface area contributed by atoms with E-state index in [0.717, 1.165) is 48.9 Å². The molecule has 2 amide bonds. The van der Waals surface area contributed by atoms with Crippen molar-refractivity contribution in [2.24, 2.45) is 5.73 Å². The van der Waals surface area contributed by atoms with Crippen LogP contribution in [0.15, 0.2) is 42.5 Å². The molecule has 1 heterocycles. The number of benzene rings is 2. The minimum Gasteiger partial charge on any atom is -0.483 e. The van der Waals surface area contributed by atoms with Crippen LogP contribution in [0.4, 0.5) is 0 Å². The number of primary amides is 1. The fraction of sp³-hybridized carbons (Fsp3) is 0.391. The van der Waals surface area contributed by atoms with E-state index in [2.05, 4.69) is 4.90 Å². The average molecular weight is 378 g/mol. The largest absolute Gasteiger partial charge is 0.483 e. The van der Waals surface area contributed by atoms with Crippen LogP contribution in [0.25, 0.3) is 11.1 Å². The fourth-order valence-electron chi connectivity index (χ4n) is 4.20. The highest BCUT2D eigenvalue weighted by atomic mass is 16.5. The van der Waals surface area contributed by atoms with Gasteiger partial charge in [0.05, 0.1) is 0 Å². The van der Waals surface area contributed by atoms with Crippen molar-refractivity contribution >= 4 is 11.8 Å². The summed E-state index contributed by atoms with van der Waals surface area (Å²) in [6.45, 7) is 2.67. The van der Waals surface area contributed by atoms with E-state index in [1.807, 2.05) is 49.4 Å². The summed E-state index contributed by atoms with van der Waals surface area (Å²) in [5.41, 5.74) is 8.87. The summed E-state index contributed by atoms with van der Waals surface area (Å²) in [5, 5.41) is 0. The van der Waals surface area contributed by atoms with E-state index < -0.39 is 5.91 Å². The Morgan fingerprint density at radius 1 is 1.11 bits per heavy atom. The van der Waals surface area contributed by atoms with Gasteiger partial charge in [-0.25, -0.2) is 0 Å². The Kier molecular flexibility index (Phi) is 4.84. The lowest BCUT2D eigenvalue weighted by Crippen LogP contribution is -2.45. The molecule has 2 aromatic rings. The second kappa shape index (κ2) is 7.30. The van der Waals surface area contributed by atoms with E-state index >= 15 is 0 Å². The Morgan fingerprint density at radius 3 is 2.68 bits per heavy atom. The quantitative estimate of drug-likeness (QED) is 0.862. The minimum absolute atomic E-state index is 0.116. The van der Waals surface area contributed by atoms with Crippen LogP contribution in [-0.4, -0.2) is 35.4 Å². The highest BCUT2D eigenvalue weighted by Gasteiger charge is 2.50. The van der Waals surface area contributed by atoms with E-state index in [-0.39, 0.29) is 18.1 Å². The normalized spacial score (nSPS) is 17.4. The zero-order chi connectivity index (χ0) is 19.7. The Balaban J connectivity index is 1.65. The summed E-state index contributed by atoms with van der Waals surface area (Å²) in [5.74, 6) is 0.187. The van der Waals surface area contributed by atoms with Gasteiger partial charge in [0.1, 0.15) is 5.75 Å². The van der Waals surface area contributed by atoms with Gasteiger partial charge in [0.2, 0.25) is 0 Å². The van der Waals surface area contributed by atoms with E-state index in [4.69, 9.17) is 10.5 Å². The fourth-order valence-corrected chi connectivity index (χ4v) is 4.20. The number of nitrogens with zero attached hydrogens (tertiary/aromatic N) is 1. The van der Waals surface area contributed by atoms with Gasteiger partial charge in [-0.1, -0.05) is 23.8 Å². The number of carbonyl (C=O) groups is 2. The molecule has 5 nitrogen and oxygen atoms in total. The SMILES string of the molecule is Cc1ccc(OCC(N)=O)c(-c2cccc(C(=O)N3CCCCC34CC4)c2)c1. The molecule has 0 radical (unpaired) electrons. The molecule has 1 aliphatic carbocycles. The Hall–Kier alpha value is -2.82. The van der Waals surface area contributed by atoms with Gasteiger partial charge in [-0.2, -0.15) is 0 Å². The minimum atomic E-state index is -0.518. The van der Waals surface area contributed by atoms with Crippen LogP contribution in [0.2, 0.25) is 0 Å². The van der Waals surface area contributed by atoms with Gasteiger partial charge in [-0.05, 0) is 68.9 Å². The monoisotopic (exact) mass is 378 g/mol. The Labute approximate surface area is 165 Å². The topological polar surface area (TPSA) is 72.6 Å². The molecule has 2 fully saturated rings. The van der Waals surface area contributed by atoms with Crippen LogP contribution in [0.1, 0.15) is 48.0 Å². The maximum Gasteiger partial charge on any atom is 0.255 e. The number of likely N-dealkylation sites (tertiary alicyclic amines) is 1. The van der Waals surface area contributed by atoms with Crippen LogP contribution >= 0.6 is 0 Å². The third-order valence-electron chi connectivity index (χ3n) is 5.84. The number of rotatable bonds is 5. The molecule has 5 heteroatoms. The van der Waals surface area contributed by atoms with Crippen molar-refractivity contribution in [1.29, 1.82) is 0 Å². The zero-order valence-corrected chi connectivity index (χ0v) is 16.2. The molecule has 4 rings (SSSR count). The molecule has 1 saturated heterocycles. The smallest absolute Gasteiger partial charge is 0.255 e. The summed E-state index contributed by atoms with van der Waals surface area (Å²) in [4.78, 5) is 26.5. The molecular weight excluding hydrogens is 352 g/mol. The van der Waals surface area contributed by atoms with Gasteiger partial charge in [0.25, 0.3) is 11.8 Å². The van der Waals surface area contributed by atoms with Crippen molar-refractivity contribution in [1.82, 2.24) is 4.90 Å². The molecule has 2 aromatic carbocycles. The number of nitrogens with two attached hydrogens (primary N) is 1. The van der Waals surface area contributed by atoms with Crippen molar-refractivity contribution in [3.8, 4) is 16.9 Å². The van der Waals surface area contributed by atoms with E-state index in [9.17, 15) is 9.59 Å². The molecule has 1 spiro atoms. The molecule has 0 atom stereocenters. The number of carbonyl (C=O) groups excluding carboxylic acids is 2. The maximum absolute atomic E-state index is 13.2. The molecule has 2 N–H and O–H groups in total. The van der Waals surface area contributed by atoms with E-state index in [0.29, 0.717) is 11.3 Å². The molecule has 1 aliphatic heterocycles. The van der Waals surface area contributed by atoms with Crippen LogP contribution in [0, 0.1) is 6.92 Å². The molecule has 2 aliphatic rings. The number of piperidine rings is 1. The summed E-state index contributed by atoms with van der Waals surface area (Å²) >= 11 is 0. The van der Waals surface area contributed by atoms with Gasteiger partial charge in [0.15, 0.2) is 6.61 Å². The molecule has 0 unspecified atom stereocenters. The second-order valence-corrected chi connectivity index (χ2v) is 7.97. The first-order valence-electron chi connectivity index (χ1n) is 9.93. The van der Waals surface area contributed by atoms with Crippen LogP contribution in [0.5, 0.6) is 5.75 Å². The highest BCUT2D eigenvalue weighted by Crippen LogP contribution is 2.48. The van der Waals surface area contributed by atoms with Crippen LogP contribution in [0.3, 0.4) is 0 Å². The van der Waals surface area contributed by atoms with Crippen LogP contribution < -0.4 is 10.5 Å². The number of hydrogen-bond acceptors (Lipinski definition) is 3. The molecule has 0 bridgehead atoms. The van der Waals surface area contributed by atoms with Gasteiger partial charge in [-0.15, -0.1) is 0 Å². The average Bonchev–Trinajstić information content (AvgIpc) is 3.46. The lowest BCUT2D eigenvalue weighted by molar-refractivity contribution is -0.119. The molecule has 0 aromatic heterocycles. The first kappa shape index (κ1) is 18.5. The Morgan fingerprint density at radius 2 is 1.93 bits per heavy atom. The lowest BCUT2D eigenvalue weighted by Gasteiger charge is -2.36.